The molecule has 1 amide bonds. The molecule has 0 fully saturated rings. The molecule has 0 bridgehead atoms. The van der Waals surface area contributed by atoms with Crippen molar-refractivity contribution in [3.05, 3.63) is 65.0 Å². The van der Waals surface area contributed by atoms with Crippen LogP contribution in [0.25, 0.3) is 0 Å². The molecule has 2 heterocycles. The van der Waals surface area contributed by atoms with E-state index in [0.29, 0.717) is 0 Å². The van der Waals surface area contributed by atoms with E-state index < -0.39 is 0 Å². The maximum atomic E-state index is 12.8. The molecule has 3 rings (SSSR count). The third-order valence-corrected chi connectivity index (χ3v) is 4.87. The number of ether oxygens (including phenoxy) is 1. The summed E-state index contributed by atoms with van der Waals surface area (Å²) in [4.78, 5) is 17.3. The minimum Gasteiger partial charge on any atom is -0.497 e. The minimum absolute atomic E-state index is 0.0713. The number of carbonyl (C=O) groups excluding carboxylic acids is 1. The number of aryl methyl sites for hydroxylation is 3. The van der Waals surface area contributed by atoms with Gasteiger partial charge in [-0.2, -0.15) is 5.10 Å². The third-order valence-electron chi connectivity index (χ3n) is 4.87. The summed E-state index contributed by atoms with van der Waals surface area (Å²) in [6, 6.07) is 7.30. The molecule has 0 radical (unpaired) electrons. The highest BCUT2D eigenvalue weighted by atomic mass is 16.5. The standard InChI is InChI=1S/C20H25N5O2/c1-13-17(14(2)25(4)23-13)12-18(26)22-19(20-21-10-11-24(20)3)15-6-8-16(27-5)9-7-15/h6-11,19H,12H2,1-5H3,(H,22,26)/t19-/m0/s1. The summed E-state index contributed by atoms with van der Waals surface area (Å²) in [5, 5.41) is 7.52. The van der Waals surface area contributed by atoms with Gasteiger partial charge in [-0.3, -0.25) is 9.48 Å². The summed E-state index contributed by atoms with van der Waals surface area (Å²) < 4.78 is 8.95. The number of rotatable bonds is 6. The molecule has 1 aromatic carbocycles. The van der Waals surface area contributed by atoms with E-state index in [1.807, 2.05) is 63.0 Å². The van der Waals surface area contributed by atoms with Crippen LogP contribution in [-0.2, 0) is 25.3 Å². The van der Waals surface area contributed by atoms with E-state index in [1.54, 1.807) is 18.0 Å². The van der Waals surface area contributed by atoms with Crippen LogP contribution < -0.4 is 10.1 Å². The van der Waals surface area contributed by atoms with Crippen molar-refractivity contribution in [1.29, 1.82) is 0 Å². The summed E-state index contributed by atoms with van der Waals surface area (Å²) in [6.07, 6.45) is 3.88. The van der Waals surface area contributed by atoms with Crippen LogP contribution in [0.3, 0.4) is 0 Å². The first-order valence-corrected chi connectivity index (χ1v) is 8.80. The second-order valence-corrected chi connectivity index (χ2v) is 6.62. The SMILES string of the molecule is COc1ccc([C@H](NC(=O)Cc2c(C)nn(C)c2C)c2nccn2C)cc1. The van der Waals surface area contributed by atoms with E-state index in [-0.39, 0.29) is 18.4 Å². The highest BCUT2D eigenvalue weighted by molar-refractivity contribution is 5.80. The van der Waals surface area contributed by atoms with E-state index in [9.17, 15) is 4.79 Å². The number of hydrogen-bond acceptors (Lipinski definition) is 4. The number of carbonyl (C=O) groups is 1. The van der Waals surface area contributed by atoms with Gasteiger partial charge in [0.05, 0.1) is 19.2 Å². The zero-order valence-electron chi connectivity index (χ0n) is 16.4. The van der Waals surface area contributed by atoms with Crippen LogP contribution >= 0.6 is 0 Å². The number of nitrogens with zero attached hydrogens (tertiary/aromatic N) is 4. The molecule has 142 valence electrons. The Hall–Kier alpha value is -3.09. The van der Waals surface area contributed by atoms with Gasteiger partial charge >= 0.3 is 0 Å². The maximum Gasteiger partial charge on any atom is 0.225 e. The molecule has 1 N–H and O–H groups in total. The van der Waals surface area contributed by atoms with Gasteiger partial charge in [0.2, 0.25) is 5.91 Å². The van der Waals surface area contributed by atoms with Gasteiger partial charge in [-0.15, -0.1) is 0 Å². The molecule has 0 unspecified atom stereocenters. The van der Waals surface area contributed by atoms with E-state index in [0.717, 1.165) is 34.1 Å². The third kappa shape index (κ3) is 3.86. The van der Waals surface area contributed by atoms with Gasteiger partial charge in [0.15, 0.2) is 0 Å². The molecule has 7 heteroatoms. The lowest BCUT2D eigenvalue weighted by Gasteiger charge is -2.19. The molecule has 0 aliphatic rings. The molecular formula is C20H25N5O2. The number of hydrogen-bond donors (Lipinski definition) is 1. The average molecular weight is 367 g/mol. The van der Waals surface area contributed by atoms with E-state index in [4.69, 9.17) is 4.74 Å². The van der Waals surface area contributed by atoms with Gasteiger partial charge in [-0.1, -0.05) is 12.1 Å². The van der Waals surface area contributed by atoms with Crippen molar-refractivity contribution in [3.63, 3.8) is 0 Å². The Morgan fingerprint density at radius 1 is 1.22 bits per heavy atom. The average Bonchev–Trinajstić information content (AvgIpc) is 3.18. The van der Waals surface area contributed by atoms with E-state index in [1.165, 1.54) is 0 Å². The minimum atomic E-state index is -0.347. The van der Waals surface area contributed by atoms with E-state index >= 15 is 0 Å². The predicted octanol–water partition coefficient (Wildman–Crippen LogP) is 2.23. The lowest BCUT2D eigenvalue weighted by atomic mass is 10.0. The zero-order valence-corrected chi connectivity index (χ0v) is 16.4. The van der Waals surface area contributed by atoms with Crippen molar-refractivity contribution < 1.29 is 9.53 Å². The first kappa shape index (κ1) is 18.7. The largest absolute Gasteiger partial charge is 0.497 e. The van der Waals surface area contributed by atoms with Gasteiger partial charge in [-0.25, -0.2) is 4.98 Å². The van der Waals surface area contributed by atoms with Crippen LogP contribution in [0.4, 0.5) is 0 Å². The van der Waals surface area contributed by atoms with Gasteiger partial charge < -0.3 is 14.6 Å². The molecule has 2 aromatic heterocycles. The lowest BCUT2D eigenvalue weighted by molar-refractivity contribution is -0.121. The normalized spacial score (nSPS) is 12.0. The van der Waals surface area contributed by atoms with Gasteiger partial charge in [0, 0.05) is 37.7 Å². The Bertz CT molecular complexity index is 940. The summed E-state index contributed by atoms with van der Waals surface area (Å²) in [5.74, 6) is 1.47. The van der Waals surface area contributed by atoms with Crippen molar-refractivity contribution >= 4 is 5.91 Å². The number of aromatic nitrogens is 4. The Morgan fingerprint density at radius 3 is 2.44 bits per heavy atom. The summed E-state index contributed by atoms with van der Waals surface area (Å²) >= 11 is 0. The first-order chi connectivity index (χ1) is 12.9. The predicted molar refractivity (Wildman–Crippen MR) is 103 cm³/mol. The second kappa shape index (κ2) is 7.65. The number of nitrogens with one attached hydrogen (secondary N) is 1. The smallest absolute Gasteiger partial charge is 0.225 e. The van der Waals surface area contributed by atoms with Crippen LogP contribution in [0.15, 0.2) is 36.7 Å². The van der Waals surface area contributed by atoms with Gasteiger partial charge in [-0.05, 0) is 31.5 Å². The molecule has 0 saturated carbocycles. The van der Waals surface area contributed by atoms with Crippen molar-refractivity contribution in [1.82, 2.24) is 24.6 Å². The number of benzene rings is 1. The first-order valence-electron chi connectivity index (χ1n) is 8.80. The lowest BCUT2D eigenvalue weighted by Crippen LogP contribution is -2.32. The Kier molecular flexibility index (Phi) is 5.30. The second-order valence-electron chi connectivity index (χ2n) is 6.62. The van der Waals surface area contributed by atoms with E-state index in [2.05, 4.69) is 15.4 Å². The number of imidazole rings is 1. The van der Waals surface area contributed by atoms with Crippen LogP contribution in [0.2, 0.25) is 0 Å². The van der Waals surface area contributed by atoms with Crippen LogP contribution in [-0.4, -0.2) is 32.3 Å². The summed E-state index contributed by atoms with van der Waals surface area (Å²) in [6.45, 7) is 3.90. The number of methoxy groups -OCH3 is 1. The topological polar surface area (TPSA) is 74.0 Å². The molecule has 1 atom stereocenters. The van der Waals surface area contributed by atoms with Crippen molar-refractivity contribution in [2.75, 3.05) is 7.11 Å². The Balaban J connectivity index is 1.87. The fourth-order valence-electron chi connectivity index (χ4n) is 3.19. The fourth-order valence-corrected chi connectivity index (χ4v) is 3.19. The van der Waals surface area contributed by atoms with Crippen molar-refractivity contribution in [3.8, 4) is 5.75 Å². The quantitative estimate of drug-likeness (QED) is 0.725. The molecule has 3 aromatic rings. The van der Waals surface area contributed by atoms with Crippen LogP contribution in [0.1, 0.15) is 34.4 Å². The molecule has 0 aliphatic heterocycles. The molecule has 7 nitrogen and oxygen atoms in total. The maximum absolute atomic E-state index is 12.8. The van der Waals surface area contributed by atoms with Gasteiger partial charge in [0.1, 0.15) is 17.6 Å². The summed E-state index contributed by atoms with van der Waals surface area (Å²) in [7, 11) is 5.43. The monoisotopic (exact) mass is 367 g/mol. The van der Waals surface area contributed by atoms with Crippen molar-refractivity contribution in [2.45, 2.75) is 26.3 Å². The van der Waals surface area contributed by atoms with Crippen molar-refractivity contribution in [2.24, 2.45) is 14.1 Å². The fraction of sp³-hybridized carbons (Fsp3) is 0.350. The molecule has 27 heavy (non-hydrogen) atoms. The molecule has 0 saturated heterocycles. The van der Waals surface area contributed by atoms with Crippen LogP contribution in [0.5, 0.6) is 5.75 Å². The highest BCUT2D eigenvalue weighted by Crippen LogP contribution is 2.23. The highest BCUT2D eigenvalue weighted by Gasteiger charge is 2.22. The Morgan fingerprint density at radius 2 is 1.93 bits per heavy atom. The number of amides is 1. The van der Waals surface area contributed by atoms with Gasteiger partial charge in [0.25, 0.3) is 0 Å². The zero-order chi connectivity index (χ0) is 19.6. The van der Waals surface area contributed by atoms with Crippen LogP contribution in [0, 0.1) is 13.8 Å². The molecule has 0 spiro atoms. The molecular weight excluding hydrogens is 342 g/mol. The molecule has 0 aliphatic carbocycles. The Labute approximate surface area is 159 Å². The summed E-state index contributed by atoms with van der Waals surface area (Å²) in [5.41, 5.74) is 3.78.